The molecule has 2 aliphatic rings. The van der Waals surface area contributed by atoms with Gasteiger partial charge in [0.25, 0.3) is 0 Å². The van der Waals surface area contributed by atoms with E-state index in [1.165, 1.54) is 0 Å². The summed E-state index contributed by atoms with van der Waals surface area (Å²) in [4.78, 5) is 24.2. The first-order chi connectivity index (χ1) is 17.0. The molecular weight excluding hydrogens is 508 g/mol. The summed E-state index contributed by atoms with van der Waals surface area (Å²) in [5.74, 6) is -0.107. The molecule has 2 aromatic rings. The van der Waals surface area contributed by atoms with Crippen LogP contribution in [-0.2, 0) is 55.1 Å². The fourth-order valence-corrected chi connectivity index (χ4v) is 3.68. The van der Waals surface area contributed by atoms with Crippen molar-refractivity contribution in [1.82, 2.24) is 0 Å². The van der Waals surface area contributed by atoms with E-state index < -0.39 is 29.9 Å². The molecular formula is C27H31FeO8-. The zero-order valence-electron chi connectivity index (χ0n) is 20.2. The fourth-order valence-electron chi connectivity index (χ4n) is 3.68. The second-order valence-electron chi connectivity index (χ2n) is 9.11. The van der Waals surface area contributed by atoms with Crippen LogP contribution in [0.1, 0.15) is 43.5 Å². The summed E-state index contributed by atoms with van der Waals surface area (Å²) in [6.45, 7) is 3.68. The van der Waals surface area contributed by atoms with E-state index in [4.69, 9.17) is 28.4 Å². The molecule has 0 amide bonds. The Morgan fingerprint density at radius 1 is 0.806 bits per heavy atom. The Morgan fingerprint density at radius 2 is 1.28 bits per heavy atom. The van der Waals surface area contributed by atoms with Crippen LogP contribution >= 0.6 is 0 Å². The van der Waals surface area contributed by atoms with Gasteiger partial charge in [0.05, 0.1) is 26.1 Å². The molecule has 0 spiro atoms. The topological polar surface area (TPSA) is 89.5 Å². The summed E-state index contributed by atoms with van der Waals surface area (Å²) in [6, 6.07) is 19.3. The maximum absolute atomic E-state index is 12.1. The first-order valence-corrected chi connectivity index (χ1v) is 11.7. The molecule has 9 heteroatoms. The number of esters is 2. The molecule has 36 heavy (non-hydrogen) atoms. The van der Waals surface area contributed by atoms with Crippen molar-refractivity contribution in [2.24, 2.45) is 5.41 Å². The summed E-state index contributed by atoms with van der Waals surface area (Å²) in [5.41, 5.74) is 1.44. The van der Waals surface area contributed by atoms with Crippen molar-refractivity contribution in [2.75, 3.05) is 39.6 Å². The Labute approximate surface area is 222 Å². The summed E-state index contributed by atoms with van der Waals surface area (Å²) < 4.78 is 33.7. The van der Waals surface area contributed by atoms with E-state index in [0.29, 0.717) is 26.4 Å². The van der Waals surface area contributed by atoms with Crippen molar-refractivity contribution >= 4 is 11.9 Å². The van der Waals surface area contributed by atoms with Crippen molar-refractivity contribution in [3.05, 3.63) is 77.7 Å². The first kappa shape index (κ1) is 28.3. The van der Waals surface area contributed by atoms with Crippen LogP contribution in [0.3, 0.4) is 0 Å². The van der Waals surface area contributed by atoms with Crippen LogP contribution in [-0.4, -0.2) is 51.6 Å². The molecule has 0 aliphatic carbocycles. The van der Waals surface area contributed by atoms with Gasteiger partial charge in [0, 0.05) is 33.6 Å². The Morgan fingerprint density at radius 3 is 1.81 bits per heavy atom. The molecule has 2 heterocycles. The maximum Gasteiger partial charge on any atom is 0.306 e. The molecule has 2 saturated heterocycles. The van der Waals surface area contributed by atoms with E-state index in [0.717, 1.165) is 17.0 Å². The van der Waals surface area contributed by atoms with Gasteiger partial charge >= 0.3 is 11.9 Å². The average molecular weight is 539 g/mol. The van der Waals surface area contributed by atoms with Gasteiger partial charge in [-0.25, -0.2) is 5.92 Å². The molecule has 4 rings (SSSR count). The van der Waals surface area contributed by atoms with Crippen LogP contribution in [0.5, 0.6) is 0 Å². The molecule has 0 aromatic heterocycles. The third-order valence-electron chi connectivity index (χ3n) is 5.74. The summed E-state index contributed by atoms with van der Waals surface area (Å²) >= 11 is 0. The molecule has 196 valence electrons. The number of hydrogen-bond acceptors (Lipinski definition) is 8. The summed E-state index contributed by atoms with van der Waals surface area (Å²) in [6.07, 6.45) is -0.949. The van der Waals surface area contributed by atoms with Crippen molar-refractivity contribution in [1.29, 1.82) is 0 Å². The monoisotopic (exact) mass is 539 g/mol. The molecule has 0 N–H and O–H groups in total. The molecule has 0 saturated carbocycles. The van der Waals surface area contributed by atoms with Crippen LogP contribution < -0.4 is 0 Å². The van der Waals surface area contributed by atoms with Gasteiger partial charge in [-0.05, 0) is 6.61 Å². The van der Waals surface area contributed by atoms with E-state index in [1.54, 1.807) is 0 Å². The number of benzene rings is 2. The minimum atomic E-state index is -0.471. The normalized spacial score (nSPS) is 22.9. The second-order valence-corrected chi connectivity index (χ2v) is 9.11. The minimum absolute atomic E-state index is 0. The quantitative estimate of drug-likeness (QED) is 0.269. The molecule has 0 atom stereocenters. The third kappa shape index (κ3) is 8.40. The Kier molecular flexibility index (Phi) is 10.9. The smallest absolute Gasteiger partial charge is 0.306 e. The third-order valence-corrected chi connectivity index (χ3v) is 5.74. The second kappa shape index (κ2) is 13.9. The van der Waals surface area contributed by atoms with Crippen LogP contribution in [0.15, 0.2) is 60.7 Å². The molecule has 8 nitrogen and oxygen atoms in total. The van der Waals surface area contributed by atoms with Gasteiger partial charge in [-0.1, -0.05) is 80.8 Å². The predicted molar refractivity (Wildman–Crippen MR) is 125 cm³/mol. The van der Waals surface area contributed by atoms with Crippen molar-refractivity contribution in [2.45, 2.75) is 32.3 Å². The van der Waals surface area contributed by atoms with Gasteiger partial charge in [-0.15, -0.1) is 0 Å². The molecule has 0 unspecified atom stereocenters. The zero-order valence-corrected chi connectivity index (χ0v) is 21.3. The van der Waals surface area contributed by atoms with Crippen LogP contribution in [0.25, 0.3) is 0 Å². The van der Waals surface area contributed by atoms with Gasteiger partial charge in [-0.2, -0.15) is 0 Å². The Balaban J connectivity index is 0.00000361. The van der Waals surface area contributed by atoms with E-state index >= 15 is 0 Å². The summed E-state index contributed by atoms with van der Waals surface area (Å²) in [5, 5.41) is 0. The van der Waals surface area contributed by atoms with Crippen molar-refractivity contribution < 1.29 is 55.1 Å². The number of hydrogen-bond donors (Lipinski definition) is 0. The number of ether oxygens (including phenoxy) is 6. The SMILES string of the molecule is CC1(COC(=O)CCC(=O)OC[C-]2COC(c3ccccc3)OC2)COC(c2ccccc2)OC1.[Fe]. The van der Waals surface area contributed by atoms with E-state index in [9.17, 15) is 9.59 Å². The van der Waals surface area contributed by atoms with Crippen LogP contribution in [0.4, 0.5) is 0 Å². The Hall–Kier alpha value is -2.26. The van der Waals surface area contributed by atoms with E-state index in [-0.39, 0.29) is 43.1 Å². The zero-order chi connectivity index (χ0) is 24.5. The van der Waals surface area contributed by atoms with Gasteiger partial charge < -0.3 is 28.4 Å². The predicted octanol–water partition coefficient (Wildman–Crippen LogP) is 3.92. The number of carbonyl (C=O) groups is 2. The number of carbonyl (C=O) groups excluding carboxylic acids is 2. The van der Waals surface area contributed by atoms with E-state index in [2.05, 4.69) is 0 Å². The van der Waals surface area contributed by atoms with Gasteiger partial charge in [0.1, 0.15) is 6.61 Å². The molecule has 0 radical (unpaired) electrons. The molecule has 2 fully saturated rings. The molecule has 2 aromatic carbocycles. The van der Waals surface area contributed by atoms with E-state index in [1.807, 2.05) is 67.6 Å². The van der Waals surface area contributed by atoms with Crippen LogP contribution in [0, 0.1) is 11.3 Å². The average Bonchev–Trinajstić information content (AvgIpc) is 2.91. The van der Waals surface area contributed by atoms with Crippen molar-refractivity contribution in [3.8, 4) is 0 Å². The Bertz CT molecular complexity index is 939. The van der Waals surface area contributed by atoms with Gasteiger partial charge in [0.15, 0.2) is 12.6 Å². The first-order valence-electron chi connectivity index (χ1n) is 11.7. The standard InChI is InChI=1S/C27H31O8.Fe/c1-27(18-34-26(35-19-27)22-10-6-3-7-11-22)17-33-24(29)13-12-23(28)30-14-20-15-31-25(32-16-20)21-8-4-2-5-9-21;/h2-11,25-26H,12-19H2,1H3;/q-1;. The molecule has 2 aliphatic heterocycles. The summed E-state index contributed by atoms with van der Waals surface area (Å²) in [7, 11) is 0. The minimum Gasteiger partial charge on any atom is -0.498 e. The molecule has 0 bridgehead atoms. The van der Waals surface area contributed by atoms with Crippen LogP contribution in [0.2, 0.25) is 0 Å². The number of rotatable bonds is 9. The largest absolute Gasteiger partial charge is 0.498 e. The maximum atomic E-state index is 12.1. The fraction of sp³-hybridized carbons (Fsp3) is 0.444. The van der Waals surface area contributed by atoms with Gasteiger partial charge in [-0.3, -0.25) is 9.59 Å². The van der Waals surface area contributed by atoms with Crippen molar-refractivity contribution in [3.63, 3.8) is 0 Å². The van der Waals surface area contributed by atoms with Gasteiger partial charge in [0.2, 0.25) is 0 Å².